The van der Waals surface area contributed by atoms with Gasteiger partial charge in [-0.15, -0.1) is 12.4 Å². The molecule has 9 nitrogen and oxygen atoms in total. The maximum Gasteiger partial charge on any atom is 0.325 e. The van der Waals surface area contributed by atoms with Crippen molar-refractivity contribution in [3.63, 3.8) is 0 Å². The maximum absolute atomic E-state index is 12.2. The number of nitrogens with zero attached hydrogens (tertiary/aromatic N) is 2. The summed E-state index contributed by atoms with van der Waals surface area (Å²) in [6.45, 7) is 2.13. The quantitative estimate of drug-likeness (QED) is 0.126. The number of fused-ring (bicyclic) bond motifs is 1. The standard InChI is InChI=1S/C32H29BrClN3O6.ClH/c1-2-40-32(39)28(17-38)35-16-23-14-25(34)30(15-29(23)41-18-20-11-12-26-27(13-20)37-43-36-26)42-19-22-9-6-10-24(31(22)33)21-7-4-3-5-8-21;/h3-15,28,35,38H,2,16-19H2,1H3;1H/t28-;/m1./s1. The second-order valence-electron chi connectivity index (χ2n) is 9.57. The Morgan fingerprint density at radius 1 is 0.955 bits per heavy atom. The molecule has 5 rings (SSSR count). The van der Waals surface area contributed by atoms with Gasteiger partial charge in [0.2, 0.25) is 0 Å². The molecule has 44 heavy (non-hydrogen) atoms. The van der Waals surface area contributed by atoms with Crippen LogP contribution in [0, 0.1) is 0 Å². The predicted octanol–water partition coefficient (Wildman–Crippen LogP) is 6.90. The molecular formula is C32H30BrCl2N3O6. The zero-order valence-corrected chi connectivity index (χ0v) is 26.8. The van der Waals surface area contributed by atoms with E-state index in [2.05, 4.69) is 43.7 Å². The fraction of sp³-hybridized carbons (Fsp3) is 0.219. The summed E-state index contributed by atoms with van der Waals surface area (Å²) in [7, 11) is 0. The normalized spacial score (nSPS) is 11.5. The third-order valence-electron chi connectivity index (χ3n) is 6.67. The van der Waals surface area contributed by atoms with Crippen LogP contribution in [0.2, 0.25) is 5.02 Å². The highest BCUT2D eigenvalue weighted by atomic mass is 79.9. The number of esters is 1. The van der Waals surface area contributed by atoms with Crippen LogP contribution in [0.1, 0.15) is 23.6 Å². The number of rotatable bonds is 13. The van der Waals surface area contributed by atoms with Gasteiger partial charge < -0.3 is 19.3 Å². The summed E-state index contributed by atoms with van der Waals surface area (Å²) < 4.78 is 23.2. The van der Waals surface area contributed by atoms with Gasteiger partial charge in [-0.3, -0.25) is 10.1 Å². The third kappa shape index (κ3) is 8.08. The van der Waals surface area contributed by atoms with Gasteiger partial charge in [0.1, 0.15) is 41.8 Å². The highest BCUT2D eigenvalue weighted by molar-refractivity contribution is 9.10. The van der Waals surface area contributed by atoms with E-state index in [0.717, 1.165) is 26.7 Å². The van der Waals surface area contributed by atoms with Gasteiger partial charge in [0, 0.05) is 28.2 Å². The van der Waals surface area contributed by atoms with Crippen molar-refractivity contribution in [2.75, 3.05) is 13.2 Å². The first-order valence-electron chi connectivity index (χ1n) is 13.6. The Hall–Kier alpha value is -3.67. The number of benzene rings is 4. The van der Waals surface area contributed by atoms with Gasteiger partial charge in [-0.1, -0.05) is 66.2 Å². The number of aliphatic hydroxyl groups is 1. The molecule has 1 heterocycles. The van der Waals surface area contributed by atoms with E-state index >= 15 is 0 Å². The van der Waals surface area contributed by atoms with Crippen molar-refractivity contribution >= 4 is 56.9 Å². The molecule has 0 saturated heterocycles. The van der Waals surface area contributed by atoms with Gasteiger partial charge in [-0.2, -0.15) is 0 Å². The summed E-state index contributed by atoms with van der Waals surface area (Å²) in [6.07, 6.45) is 0. The molecule has 0 radical (unpaired) electrons. The third-order valence-corrected chi connectivity index (χ3v) is 7.90. The van der Waals surface area contributed by atoms with Crippen molar-refractivity contribution in [1.82, 2.24) is 15.6 Å². The van der Waals surface area contributed by atoms with Gasteiger partial charge in [0.25, 0.3) is 0 Å². The molecule has 0 bridgehead atoms. The highest BCUT2D eigenvalue weighted by Gasteiger charge is 2.20. The van der Waals surface area contributed by atoms with E-state index in [0.29, 0.717) is 33.1 Å². The molecule has 0 aliphatic carbocycles. The molecular weight excluding hydrogens is 673 g/mol. The zero-order valence-electron chi connectivity index (χ0n) is 23.7. The van der Waals surface area contributed by atoms with Gasteiger partial charge in [0.05, 0.1) is 18.2 Å². The lowest BCUT2D eigenvalue weighted by Crippen LogP contribution is -2.40. The summed E-state index contributed by atoms with van der Waals surface area (Å²) in [5.41, 5.74) is 5.86. The Labute approximate surface area is 274 Å². The fourth-order valence-electron chi connectivity index (χ4n) is 4.42. The molecule has 0 aliphatic rings. The SMILES string of the molecule is CCOC(=O)[C@@H](CO)NCc1cc(Cl)c(OCc2cccc(-c3ccccc3)c2Br)cc1OCc1ccc2nonc2c1.Cl. The van der Waals surface area contributed by atoms with Crippen LogP contribution in [-0.4, -0.2) is 40.6 Å². The number of hydrogen-bond donors (Lipinski definition) is 2. The second-order valence-corrected chi connectivity index (χ2v) is 10.8. The number of ether oxygens (including phenoxy) is 3. The number of carbonyl (C=O) groups excluding carboxylic acids is 1. The van der Waals surface area contributed by atoms with Crippen LogP contribution in [0.3, 0.4) is 0 Å². The fourth-order valence-corrected chi connectivity index (χ4v) is 5.27. The summed E-state index contributed by atoms with van der Waals surface area (Å²) in [4.78, 5) is 12.2. The van der Waals surface area contributed by atoms with Crippen LogP contribution in [-0.2, 0) is 29.3 Å². The molecule has 1 atom stereocenters. The van der Waals surface area contributed by atoms with Gasteiger partial charge in [-0.25, -0.2) is 4.63 Å². The van der Waals surface area contributed by atoms with Crippen molar-refractivity contribution < 1.29 is 28.7 Å². The molecule has 4 aromatic carbocycles. The van der Waals surface area contributed by atoms with Gasteiger partial charge in [0.15, 0.2) is 0 Å². The van der Waals surface area contributed by atoms with E-state index in [1.54, 1.807) is 25.1 Å². The van der Waals surface area contributed by atoms with Crippen LogP contribution < -0.4 is 14.8 Å². The average molecular weight is 703 g/mol. The lowest BCUT2D eigenvalue weighted by atomic mass is 10.0. The van der Waals surface area contributed by atoms with E-state index in [9.17, 15) is 9.90 Å². The van der Waals surface area contributed by atoms with Crippen LogP contribution in [0.15, 0.2) is 88.0 Å². The smallest absolute Gasteiger partial charge is 0.325 e. The molecule has 2 N–H and O–H groups in total. The number of halogens is 3. The van der Waals surface area contributed by atoms with Crippen molar-refractivity contribution in [2.24, 2.45) is 0 Å². The molecule has 12 heteroatoms. The minimum absolute atomic E-state index is 0. The van der Waals surface area contributed by atoms with Gasteiger partial charge in [-0.05, 0) is 68.1 Å². The minimum Gasteiger partial charge on any atom is -0.488 e. The highest BCUT2D eigenvalue weighted by Crippen LogP contribution is 2.36. The largest absolute Gasteiger partial charge is 0.488 e. The van der Waals surface area contributed by atoms with E-state index in [-0.39, 0.29) is 38.8 Å². The van der Waals surface area contributed by atoms with Crippen LogP contribution >= 0.6 is 39.9 Å². The minimum atomic E-state index is -0.904. The van der Waals surface area contributed by atoms with Crippen molar-refractivity contribution in [1.29, 1.82) is 0 Å². The Morgan fingerprint density at radius 2 is 1.73 bits per heavy atom. The van der Waals surface area contributed by atoms with Crippen LogP contribution in [0.5, 0.6) is 11.5 Å². The Morgan fingerprint density at radius 3 is 2.50 bits per heavy atom. The van der Waals surface area contributed by atoms with E-state index in [1.807, 2.05) is 48.5 Å². The number of carbonyl (C=O) groups is 1. The zero-order chi connectivity index (χ0) is 30.2. The Balaban J connectivity index is 0.00000442. The molecule has 0 unspecified atom stereocenters. The molecule has 1 aromatic heterocycles. The van der Waals surface area contributed by atoms with Crippen molar-refractivity contribution in [3.05, 3.63) is 105 Å². The van der Waals surface area contributed by atoms with E-state index < -0.39 is 18.6 Å². The molecule has 0 amide bonds. The van der Waals surface area contributed by atoms with E-state index in [1.165, 1.54) is 0 Å². The first kappa shape index (κ1) is 33.2. The van der Waals surface area contributed by atoms with Crippen LogP contribution in [0.4, 0.5) is 0 Å². The lowest BCUT2D eigenvalue weighted by Gasteiger charge is -2.19. The second kappa shape index (κ2) is 15.9. The summed E-state index contributed by atoms with van der Waals surface area (Å²) >= 11 is 10.4. The molecule has 0 spiro atoms. The molecule has 0 aliphatic heterocycles. The van der Waals surface area contributed by atoms with E-state index in [4.69, 9.17) is 30.4 Å². The Kier molecular flexibility index (Phi) is 12.0. The molecule has 230 valence electrons. The monoisotopic (exact) mass is 701 g/mol. The number of aromatic nitrogens is 2. The number of aliphatic hydroxyl groups excluding tert-OH is 1. The topological polar surface area (TPSA) is 116 Å². The Bertz CT molecular complexity index is 1700. The van der Waals surface area contributed by atoms with Crippen LogP contribution in [0.25, 0.3) is 22.2 Å². The lowest BCUT2D eigenvalue weighted by molar-refractivity contribution is -0.146. The summed E-state index contributed by atoms with van der Waals surface area (Å²) in [5, 5.41) is 20.8. The predicted molar refractivity (Wildman–Crippen MR) is 173 cm³/mol. The summed E-state index contributed by atoms with van der Waals surface area (Å²) in [5.74, 6) is 0.372. The molecule has 0 saturated carbocycles. The average Bonchev–Trinajstić information content (AvgIpc) is 3.49. The first-order chi connectivity index (χ1) is 21.0. The number of hydrogen-bond acceptors (Lipinski definition) is 9. The van der Waals surface area contributed by atoms with Crippen molar-refractivity contribution in [3.8, 4) is 22.6 Å². The number of nitrogens with one attached hydrogen (secondary N) is 1. The molecule has 5 aromatic rings. The molecule has 0 fully saturated rings. The first-order valence-corrected chi connectivity index (χ1v) is 14.8. The van der Waals surface area contributed by atoms with Crippen molar-refractivity contribution in [2.45, 2.75) is 32.7 Å². The summed E-state index contributed by atoms with van der Waals surface area (Å²) in [6, 6.07) is 24.2. The van der Waals surface area contributed by atoms with Gasteiger partial charge >= 0.3 is 5.97 Å². The maximum atomic E-state index is 12.2.